The van der Waals surface area contributed by atoms with Crippen molar-refractivity contribution in [1.29, 1.82) is 0 Å². The average molecular weight is 239 g/mol. The zero-order chi connectivity index (χ0) is 11.0. The van der Waals surface area contributed by atoms with Crippen LogP contribution in [0.3, 0.4) is 0 Å². The lowest BCUT2D eigenvalue weighted by Gasteiger charge is -2.00. The second kappa shape index (κ2) is 3.95. The summed E-state index contributed by atoms with van der Waals surface area (Å²) >= 11 is 1.55. The number of rotatable bonds is 2. The van der Waals surface area contributed by atoms with Crippen molar-refractivity contribution in [3.8, 4) is 10.7 Å². The highest BCUT2D eigenvalue weighted by Crippen LogP contribution is 2.27. The van der Waals surface area contributed by atoms with Gasteiger partial charge in [0.1, 0.15) is 6.17 Å². The number of hydrogen-bond donors (Lipinski definition) is 1. The standard InChI is InChI=1S/C10H10FN3OS/c11-6-4-7(12-5-6)10-13-9(14-15-10)8-2-1-3-16-8/h1-3,6-7,12H,4-5H2/t6-,7+/m0/s1. The molecule has 1 aliphatic rings. The van der Waals surface area contributed by atoms with E-state index in [1.54, 1.807) is 11.3 Å². The van der Waals surface area contributed by atoms with E-state index in [4.69, 9.17) is 4.52 Å². The Morgan fingerprint density at radius 2 is 2.50 bits per heavy atom. The first kappa shape index (κ1) is 9.92. The number of halogens is 1. The molecule has 2 atom stereocenters. The summed E-state index contributed by atoms with van der Waals surface area (Å²) < 4.78 is 18.1. The maximum Gasteiger partial charge on any atom is 0.244 e. The van der Waals surface area contributed by atoms with Gasteiger partial charge in [-0.15, -0.1) is 11.3 Å². The van der Waals surface area contributed by atoms with Gasteiger partial charge in [-0.2, -0.15) is 4.98 Å². The van der Waals surface area contributed by atoms with E-state index in [0.29, 0.717) is 24.7 Å². The van der Waals surface area contributed by atoms with Crippen LogP contribution in [-0.4, -0.2) is 22.9 Å². The molecule has 0 radical (unpaired) electrons. The SMILES string of the molecule is F[C@@H]1CN[C@@H](c2nc(-c3cccs3)no2)C1. The van der Waals surface area contributed by atoms with Gasteiger partial charge in [0.2, 0.25) is 11.7 Å². The van der Waals surface area contributed by atoms with Crippen LogP contribution in [0.4, 0.5) is 4.39 Å². The van der Waals surface area contributed by atoms with Crippen LogP contribution in [-0.2, 0) is 0 Å². The van der Waals surface area contributed by atoms with Crippen LogP contribution in [0.1, 0.15) is 18.4 Å². The van der Waals surface area contributed by atoms with E-state index in [1.807, 2.05) is 17.5 Å². The quantitative estimate of drug-likeness (QED) is 0.872. The first-order valence-corrected chi connectivity index (χ1v) is 5.96. The molecule has 1 saturated heterocycles. The van der Waals surface area contributed by atoms with Gasteiger partial charge >= 0.3 is 0 Å². The Hall–Kier alpha value is -1.27. The number of hydrogen-bond acceptors (Lipinski definition) is 5. The fourth-order valence-electron chi connectivity index (χ4n) is 1.76. The summed E-state index contributed by atoms with van der Waals surface area (Å²) in [7, 11) is 0. The Labute approximate surface area is 95.5 Å². The first-order chi connectivity index (χ1) is 7.83. The molecule has 0 amide bonds. The summed E-state index contributed by atoms with van der Waals surface area (Å²) in [6.45, 7) is 0.362. The summed E-state index contributed by atoms with van der Waals surface area (Å²) in [5.74, 6) is 1.05. The van der Waals surface area contributed by atoms with Gasteiger partial charge < -0.3 is 9.84 Å². The van der Waals surface area contributed by atoms with Gasteiger partial charge in [-0.1, -0.05) is 11.2 Å². The molecule has 4 nitrogen and oxygen atoms in total. The predicted octanol–water partition coefficient (Wildman–Crippen LogP) is 2.17. The molecule has 84 valence electrons. The minimum absolute atomic E-state index is 0.142. The minimum Gasteiger partial charge on any atom is -0.337 e. The largest absolute Gasteiger partial charge is 0.337 e. The van der Waals surface area contributed by atoms with Crippen molar-refractivity contribution in [2.45, 2.75) is 18.6 Å². The monoisotopic (exact) mass is 239 g/mol. The molecule has 6 heteroatoms. The molecule has 16 heavy (non-hydrogen) atoms. The molecule has 0 aliphatic carbocycles. The highest BCUT2D eigenvalue weighted by molar-refractivity contribution is 7.13. The summed E-state index contributed by atoms with van der Waals surface area (Å²) in [6, 6.07) is 3.72. The van der Waals surface area contributed by atoms with Crippen molar-refractivity contribution >= 4 is 11.3 Å². The Kier molecular flexibility index (Phi) is 2.45. The molecular formula is C10H10FN3OS. The van der Waals surface area contributed by atoms with E-state index in [9.17, 15) is 4.39 Å². The third kappa shape index (κ3) is 1.74. The van der Waals surface area contributed by atoms with Gasteiger partial charge in [-0.25, -0.2) is 4.39 Å². The molecular weight excluding hydrogens is 229 g/mol. The maximum absolute atomic E-state index is 13.0. The molecule has 0 unspecified atom stereocenters. The molecule has 3 rings (SSSR count). The van der Waals surface area contributed by atoms with E-state index >= 15 is 0 Å². The van der Waals surface area contributed by atoms with Crippen LogP contribution in [0.15, 0.2) is 22.0 Å². The Balaban J connectivity index is 1.83. The second-order valence-corrected chi connectivity index (χ2v) is 4.68. The zero-order valence-electron chi connectivity index (χ0n) is 8.39. The molecule has 2 aromatic rings. The van der Waals surface area contributed by atoms with Crippen LogP contribution in [0.5, 0.6) is 0 Å². The van der Waals surface area contributed by atoms with E-state index in [2.05, 4.69) is 15.5 Å². The minimum atomic E-state index is -0.818. The lowest BCUT2D eigenvalue weighted by Crippen LogP contribution is -2.14. The van der Waals surface area contributed by atoms with Gasteiger partial charge in [0.05, 0.1) is 10.9 Å². The molecule has 1 aliphatic heterocycles. The lowest BCUT2D eigenvalue weighted by atomic mass is 10.2. The van der Waals surface area contributed by atoms with Crippen molar-refractivity contribution in [2.24, 2.45) is 0 Å². The van der Waals surface area contributed by atoms with Crippen LogP contribution in [0, 0.1) is 0 Å². The fourth-order valence-corrected chi connectivity index (χ4v) is 2.41. The molecule has 1 N–H and O–H groups in total. The summed E-state index contributed by atoms with van der Waals surface area (Å²) in [5.41, 5.74) is 0. The van der Waals surface area contributed by atoms with E-state index < -0.39 is 6.17 Å². The molecule has 2 aromatic heterocycles. The number of nitrogens with zero attached hydrogens (tertiary/aromatic N) is 2. The number of aromatic nitrogens is 2. The number of thiophene rings is 1. The van der Waals surface area contributed by atoms with E-state index in [-0.39, 0.29) is 6.04 Å². The van der Waals surface area contributed by atoms with Crippen molar-refractivity contribution < 1.29 is 8.91 Å². The summed E-state index contributed by atoms with van der Waals surface area (Å²) in [6.07, 6.45) is -0.409. The van der Waals surface area contributed by atoms with Crippen molar-refractivity contribution in [3.05, 3.63) is 23.4 Å². The number of nitrogens with one attached hydrogen (secondary N) is 1. The van der Waals surface area contributed by atoms with Gasteiger partial charge in [-0.05, 0) is 11.4 Å². The van der Waals surface area contributed by atoms with Gasteiger partial charge in [0, 0.05) is 13.0 Å². The normalized spacial score (nSPS) is 25.1. The van der Waals surface area contributed by atoms with Crippen LogP contribution in [0.2, 0.25) is 0 Å². The highest BCUT2D eigenvalue weighted by Gasteiger charge is 2.29. The third-order valence-electron chi connectivity index (χ3n) is 2.56. The number of alkyl halides is 1. The molecule has 0 spiro atoms. The Bertz CT molecular complexity index is 470. The van der Waals surface area contributed by atoms with E-state index in [0.717, 1.165) is 4.88 Å². The fraction of sp³-hybridized carbons (Fsp3) is 0.400. The maximum atomic E-state index is 13.0. The predicted molar refractivity (Wildman–Crippen MR) is 57.9 cm³/mol. The van der Waals surface area contributed by atoms with Gasteiger partial charge in [0.15, 0.2) is 0 Å². The van der Waals surface area contributed by atoms with Crippen molar-refractivity contribution in [1.82, 2.24) is 15.5 Å². The van der Waals surface area contributed by atoms with Crippen molar-refractivity contribution in [3.63, 3.8) is 0 Å². The second-order valence-electron chi connectivity index (χ2n) is 3.73. The first-order valence-electron chi connectivity index (χ1n) is 5.08. The van der Waals surface area contributed by atoms with Gasteiger partial charge in [-0.3, -0.25) is 0 Å². The molecule has 1 fully saturated rings. The molecule has 0 saturated carbocycles. The van der Waals surface area contributed by atoms with Crippen LogP contribution >= 0.6 is 11.3 Å². The topological polar surface area (TPSA) is 51.0 Å². The summed E-state index contributed by atoms with van der Waals surface area (Å²) in [5, 5.41) is 8.86. The smallest absolute Gasteiger partial charge is 0.244 e. The lowest BCUT2D eigenvalue weighted by molar-refractivity contribution is 0.324. The Morgan fingerprint density at radius 3 is 3.19 bits per heavy atom. The van der Waals surface area contributed by atoms with E-state index in [1.165, 1.54) is 0 Å². The van der Waals surface area contributed by atoms with Crippen molar-refractivity contribution in [2.75, 3.05) is 6.54 Å². The average Bonchev–Trinajstić information content (AvgIpc) is 2.97. The van der Waals surface area contributed by atoms with Crippen LogP contribution in [0.25, 0.3) is 10.7 Å². The molecule has 0 bridgehead atoms. The molecule has 3 heterocycles. The molecule has 0 aromatic carbocycles. The Morgan fingerprint density at radius 1 is 1.56 bits per heavy atom. The highest BCUT2D eigenvalue weighted by atomic mass is 32.1. The van der Waals surface area contributed by atoms with Crippen LogP contribution < -0.4 is 5.32 Å². The summed E-state index contributed by atoms with van der Waals surface area (Å²) in [4.78, 5) is 5.24. The third-order valence-corrected chi connectivity index (χ3v) is 3.42. The zero-order valence-corrected chi connectivity index (χ0v) is 9.21. The van der Waals surface area contributed by atoms with Gasteiger partial charge in [0.25, 0.3) is 0 Å².